The van der Waals surface area contributed by atoms with Crippen molar-refractivity contribution < 1.29 is 12.8 Å². The molecule has 0 saturated heterocycles. The lowest BCUT2D eigenvalue weighted by Gasteiger charge is -2.14. The van der Waals surface area contributed by atoms with Gasteiger partial charge in [0.05, 0.1) is 11.3 Å². The number of rotatable bonds is 5. The van der Waals surface area contributed by atoms with Gasteiger partial charge < -0.3 is 4.42 Å². The van der Waals surface area contributed by atoms with E-state index in [1.165, 1.54) is 10.1 Å². The van der Waals surface area contributed by atoms with Crippen molar-refractivity contribution in [2.45, 2.75) is 25.4 Å². The summed E-state index contributed by atoms with van der Waals surface area (Å²) >= 11 is 0. The molecule has 0 aliphatic heterocycles. The number of benzene rings is 2. The Balaban J connectivity index is 1.51. The minimum Gasteiger partial charge on any atom is -0.408 e. The number of aryl methyl sites for hydroxylation is 2. The average molecular weight is 358 g/mol. The Labute approximate surface area is 145 Å². The third-order valence-electron chi connectivity index (χ3n) is 4.61. The number of nitrogens with one attached hydrogen (secondary N) is 1. The lowest BCUT2D eigenvalue weighted by molar-refractivity contribution is 0.508. The van der Waals surface area contributed by atoms with Gasteiger partial charge in [-0.1, -0.05) is 36.4 Å². The first-order valence-electron chi connectivity index (χ1n) is 8.20. The number of sulfonamides is 1. The van der Waals surface area contributed by atoms with Crippen LogP contribution in [0.5, 0.6) is 0 Å². The second-order valence-corrected chi connectivity index (χ2v) is 8.09. The van der Waals surface area contributed by atoms with Gasteiger partial charge in [-0.2, -0.15) is 0 Å². The number of hydrogen-bond donors (Lipinski definition) is 1. The first kappa shape index (κ1) is 16.1. The fraction of sp³-hybridized carbons (Fsp3) is 0.278. The molecule has 0 saturated carbocycles. The van der Waals surface area contributed by atoms with E-state index in [0.29, 0.717) is 11.1 Å². The fourth-order valence-electron chi connectivity index (χ4n) is 3.39. The van der Waals surface area contributed by atoms with Crippen LogP contribution in [0.25, 0.3) is 11.1 Å². The van der Waals surface area contributed by atoms with Crippen molar-refractivity contribution in [2.24, 2.45) is 0 Å². The van der Waals surface area contributed by atoms with Gasteiger partial charge in [0.2, 0.25) is 10.0 Å². The molecule has 1 aliphatic carbocycles. The van der Waals surface area contributed by atoms with Crippen molar-refractivity contribution in [3.63, 3.8) is 0 Å². The molecule has 0 spiro atoms. The van der Waals surface area contributed by atoms with Crippen molar-refractivity contribution in [3.05, 3.63) is 70.2 Å². The largest absolute Gasteiger partial charge is 0.419 e. The van der Waals surface area contributed by atoms with Crippen molar-refractivity contribution >= 4 is 21.1 Å². The Morgan fingerprint density at radius 3 is 2.76 bits per heavy atom. The number of hydrogen-bond acceptors (Lipinski definition) is 4. The van der Waals surface area contributed by atoms with Crippen LogP contribution in [0.15, 0.2) is 57.7 Å². The van der Waals surface area contributed by atoms with Gasteiger partial charge in [-0.15, -0.1) is 0 Å². The molecule has 0 bridgehead atoms. The van der Waals surface area contributed by atoms with Gasteiger partial charge in [0.15, 0.2) is 5.58 Å². The van der Waals surface area contributed by atoms with E-state index in [-0.39, 0.29) is 18.3 Å². The summed E-state index contributed by atoms with van der Waals surface area (Å²) < 4.78 is 34.2. The summed E-state index contributed by atoms with van der Waals surface area (Å²) in [6.45, 7) is 0.0551. The number of fused-ring (bicyclic) bond motifs is 2. The summed E-state index contributed by atoms with van der Waals surface area (Å²) in [5, 5.41) is 0. The van der Waals surface area contributed by atoms with Crippen LogP contribution < -0.4 is 10.5 Å². The van der Waals surface area contributed by atoms with E-state index >= 15 is 0 Å². The minimum atomic E-state index is -3.52. The van der Waals surface area contributed by atoms with Crippen LogP contribution in [0.1, 0.15) is 23.6 Å². The van der Waals surface area contributed by atoms with E-state index in [1.54, 1.807) is 24.3 Å². The maximum Gasteiger partial charge on any atom is 0.419 e. The Bertz CT molecular complexity index is 1080. The predicted octanol–water partition coefficient (Wildman–Crippen LogP) is 2.20. The van der Waals surface area contributed by atoms with E-state index in [4.69, 9.17) is 4.42 Å². The topological polar surface area (TPSA) is 81.3 Å². The molecule has 2 aromatic carbocycles. The molecule has 1 unspecified atom stereocenters. The van der Waals surface area contributed by atoms with Crippen LogP contribution in [0.4, 0.5) is 0 Å². The molecule has 1 N–H and O–H groups in total. The van der Waals surface area contributed by atoms with Gasteiger partial charge >= 0.3 is 5.76 Å². The maximum absolute atomic E-state index is 12.5. The summed E-state index contributed by atoms with van der Waals surface area (Å²) in [4.78, 5) is 11.9. The SMILES string of the molecule is O=c1oc2ccccc2n1CCS(=O)(=O)NC1CCc2ccccc21. The highest BCUT2D eigenvalue weighted by atomic mass is 32.2. The Hall–Kier alpha value is -2.38. The number of oxazole rings is 1. The summed E-state index contributed by atoms with van der Waals surface area (Å²) in [6, 6.07) is 14.7. The molecule has 1 atom stereocenters. The Morgan fingerprint density at radius 1 is 1.12 bits per heavy atom. The van der Waals surface area contributed by atoms with Crippen molar-refractivity contribution in [2.75, 3.05) is 5.75 Å². The molecule has 25 heavy (non-hydrogen) atoms. The second kappa shape index (κ2) is 6.16. The summed E-state index contributed by atoms with van der Waals surface area (Å²) in [5.74, 6) is -0.711. The highest BCUT2D eigenvalue weighted by Gasteiger charge is 2.26. The van der Waals surface area contributed by atoms with Gasteiger partial charge in [-0.25, -0.2) is 17.9 Å². The highest BCUT2D eigenvalue weighted by molar-refractivity contribution is 7.89. The molecule has 1 aromatic heterocycles. The fourth-order valence-corrected chi connectivity index (χ4v) is 4.61. The van der Waals surface area contributed by atoms with E-state index in [9.17, 15) is 13.2 Å². The molecular formula is C18H18N2O4S. The molecule has 7 heteroatoms. The third kappa shape index (κ3) is 3.12. The number of para-hydroxylation sites is 2. The van der Waals surface area contributed by atoms with Crippen LogP contribution in [-0.4, -0.2) is 18.7 Å². The molecule has 1 aliphatic rings. The van der Waals surface area contributed by atoms with Crippen LogP contribution in [0.2, 0.25) is 0 Å². The first-order valence-corrected chi connectivity index (χ1v) is 9.85. The molecule has 0 amide bonds. The van der Waals surface area contributed by atoms with Crippen molar-refractivity contribution in [1.29, 1.82) is 0 Å². The highest BCUT2D eigenvalue weighted by Crippen LogP contribution is 2.31. The minimum absolute atomic E-state index is 0.0551. The monoisotopic (exact) mass is 358 g/mol. The summed E-state index contributed by atoms with van der Waals surface area (Å²) in [6.07, 6.45) is 1.63. The van der Waals surface area contributed by atoms with Gasteiger partial charge in [-0.3, -0.25) is 4.57 Å². The molecular weight excluding hydrogens is 340 g/mol. The summed E-state index contributed by atoms with van der Waals surface area (Å²) in [7, 11) is -3.52. The molecule has 6 nitrogen and oxygen atoms in total. The molecule has 130 valence electrons. The van der Waals surface area contributed by atoms with Gasteiger partial charge in [0.1, 0.15) is 0 Å². The van der Waals surface area contributed by atoms with E-state index in [1.807, 2.05) is 24.3 Å². The predicted molar refractivity (Wildman–Crippen MR) is 94.9 cm³/mol. The second-order valence-electron chi connectivity index (χ2n) is 6.21. The van der Waals surface area contributed by atoms with Crippen LogP contribution in [0, 0.1) is 0 Å². The molecule has 0 fully saturated rings. The number of aromatic nitrogens is 1. The zero-order valence-electron chi connectivity index (χ0n) is 13.5. The van der Waals surface area contributed by atoms with Crippen LogP contribution in [0.3, 0.4) is 0 Å². The zero-order chi connectivity index (χ0) is 17.4. The lowest BCUT2D eigenvalue weighted by atomic mass is 10.1. The third-order valence-corrected chi connectivity index (χ3v) is 5.98. The standard InChI is InChI=1S/C18H18N2O4S/c21-18-20(16-7-3-4-8-17(16)24-18)11-12-25(22,23)19-15-10-9-13-5-1-2-6-14(13)15/h1-8,15,19H,9-12H2. The van der Waals surface area contributed by atoms with Crippen LogP contribution in [-0.2, 0) is 23.0 Å². The summed E-state index contributed by atoms with van der Waals surface area (Å²) in [5.41, 5.74) is 3.29. The molecule has 0 radical (unpaired) electrons. The normalized spacial score (nSPS) is 17.0. The lowest BCUT2D eigenvalue weighted by Crippen LogP contribution is -2.32. The smallest absolute Gasteiger partial charge is 0.408 e. The van der Waals surface area contributed by atoms with Gasteiger partial charge in [0.25, 0.3) is 0 Å². The van der Waals surface area contributed by atoms with E-state index in [0.717, 1.165) is 18.4 Å². The first-order chi connectivity index (χ1) is 12.0. The van der Waals surface area contributed by atoms with Crippen LogP contribution >= 0.6 is 0 Å². The van der Waals surface area contributed by atoms with Crippen molar-refractivity contribution in [1.82, 2.24) is 9.29 Å². The molecule has 3 aromatic rings. The number of nitrogens with zero attached hydrogens (tertiary/aromatic N) is 1. The average Bonchev–Trinajstić information content (AvgIpc) is 3.13. The molecule has 4 rings (SSSR count). The Morgan fingerprint density at radius 2 is 1.88 bits per heavy atom. The Kier molecular flexibility index (Phi) is 3.97. The molecule has 1 heterocycles. The van der Waals surface area contributed by atoms with Crippen molar-refractivity contribution in [3.8, 4) is 0 Å². The van der Waals surface area contributed by atoms with Gasteiger partial charge in [-0.05, 0) is 36.1 Å². The van der Waals surface area contributed by atoms with Gasteiger partial charge in [0, 0.05) is 12.6 Å². The quantitative estimate of drug-likeness (QED) is 0.758. The van der Waals surface area contributed by atoms with E-state index in [2.05, 4.69) is 4.72 Å². The zero-order valence-corrected chi connectivity index (χ0v) is 14.3. The van der Waals surface area contributed by atoms with E-state index < -0.39 is 15.8 Å². The maximum atomic E-state index is 12.5.